The summed E-state index contributed by atoms with van der Waals surface area (Å²) < 4.78 is 0. The summed E-state index contributed by atoms with van der Waals surface area (Å²) in [6.07, 6.45) is 0. The fourth-order valence-electron chi connectivity index (χ4n) is 0. The van der Waals surface area contributed by atoms with Crippen molar-refractivity contribution in [3.8, 4) is 0 Å². The molecule has 6 heteroatoms. The molecule has 0 aromatic carbocycles. The zero-order valence-corrected chi connectivity index (χ0v) is 3.89. The number of hydrogen-bond donors (Lipinski definition) is 2. The van der Waals surface area contributed by atoms with Gasteiger partial charge in [0.25, 0.3) is 0 Å². The van der Waals surface area contributed by atoms with E-state index in [1.165, 1.54) is 0 Å². The van der Waals surface area contributed by atoms with Crippen molar-refractivity contribution in [3.63, 3.8) is 0 Å². The van der Waals surface area contributed by atoms with E-state index in [9.17, 15) is 0 Å². The second-order valence-corrected chi connectivity index (χ2v) is 0. The van der Waals surface area contributed by atoms with Crippen LogP contribution in [-0.2, 0) is 0 Å². The van der Waals surface area contributed by atoms with Crippen molar-refractivity contribution in [2.75, 3.05) is 0 Å². The van der Waals surface area contributed by atoms with Gasteiger partial charge in [0.15, 0.2) is 0 Å². The molecule has 0 bridgehead atoms. The van der Waals surface area contributed by atoms with Crippen molar-refractivity contribution in [2.24, 2.45) is 0 Å². The Labute approximate surface area is 136 Å². The molecule has 0 aromatic rings. The molecule has 0 spiro atoms. The summed E-state index contributed by atoms with van der Waals surface area (Å²) in [5, 5.41) is 12.0. The fourth-order valence-corrected chi connectivity index (χ4v) is 0. The van der Waals surface area contributed by atoms with E-state index in [4.69, 9.17) is 10.5 Å². The van der Waals surface area contributed by atoms with E-state index in [1.807, 2.05) is 0 Å². The average Bonchev–Trinajstić information content (AvgIpc) is 1.00. The van der Waals surface area contributed by atoms with Crippen LogP contribution in [0.3, 0.4) is 0 Å². The van der Waals surface area contributed by atoms with Gasteiger partial charge in [0, 0.05) is 0 Å². The Kier molecular flexibility index (Phi) is 199. The first-order valence-electron chi connectivity index (χ1n) is 0.200. The third-order valence-electron chi connectivity index (χ3n) is 0. The van der Waals surface area contributed by atoms with Gasteiger partial charge in [-0.3, -0.25) is 10.5 Å². The molecule has 0 aliphatic heterocycles. The minimum atomic E-state index is 0. The molecule has 6 heavy (non-hydrogen) atoms. The van der Waals surface area contributed by atoms with Crippen molar-refractivity contribution < 1.29 is 10.5 Å². The Bertz CT molecular complexity index is 9.51. The topological polar surface area (TPSA) is 40.5 Å². The summed E-state index contributed by atoms with van der Waals surface area (Å²) in [6.45, 7) is 0. The summed E-state index contributed by atoms with van der Waals surface area (Å²) in [4.78, 5) is 0. The quantitative estimate of drug-likeness (QED) is 0.285. The predicted molar refractivity (Wildman–Crippen MR) is 40.3 cm³/mol. The molecular formula is H8K2O2S2. The van der Waals surface area contributed by atoms with Crippen LogP contribution in [0.1, 0.15) is 0 Å². The van der Waals surface area contributed by atoms with Crippen molar-refractivity contribution in [1.82, 2.24) is 0 Å². The third-order valence-corrected chi connectivity index (χ3v) is 0. The molecule has 0 aromatic heterocycles. The summed E-state index contributed by atoms with van der Waals surface area (Å²) >= 11 is 0. The summed E-state index contributed by atoms with van der Waals surface area (Å²) in [7, 11) is 0. The summed E-state index contributed by atoms with van der Waals surface area (Å²) in [6, 6.07) is 0. The van der Waals surface area contributed by atoms with Crippen molar-refractivity contribution in [3.05, 3.63) is 0 Å². The molecule has 2 nitrogen and oxygen atoms in total. The van der Waals surface area contributed by atoms with Gasteiger partial charge in [-0.25, -0.2) is 0 Å². The molecule has 0 unspecified atom stereocenters. The van der Waals surface area contributed by atoms with Gasteiger partial charge < -0.3 is 0 Å². The normalized spacial score (nSPS) is 1.00. The van der Waals surface area contributed by atoms with Crippen molar-refractivity contribution >= 4 is 130 Å². The van der Waals surface area contributed by atoms with Crippen LogP contribution in [-0.4, -0.2) is 113 Å². The monoisotopic (exact) mass is 182 g/mol. The molecule has 0 radical (unpaired) electrons. The Morgan fingerprint density at radius 1 is 0.667 bits per heavy atom. The van der Waals surface area contributed by atoms with Gasteiger partial charge >= 0.3 is 103 Å². The third kappa shape index (κ3) is 24.7. The van der Waals surface area contributed by atoms with Crippen LogP contribution < -0.4 is 0 Å². The van der Waals surface area contributed by atoms with Crippen LogP contribution in [0.15, 0.2) is 0 Å². The maximum atomic E-state index is 6.00. The van der Waals surface area contributed by atoms with Gasteiger partial charge in [-0.2, -0.15) is 27.0 Å². The standard InChI is InChI=1S/2K.H2O2.2H2S.2H/c;;1-2;;;;/h;;1-2H;2*1H2;;. The van der Waals surface area contributed by atoms with E-state index >= 15 is 0 Å². The first-order valence-corrected chi connectivity index (χ1v) is 0.200. The Morgan fingerprint density at radius 3 is 0.667 bits per heavy atom. The molecular weight excluding hydrogens is 174 g/mol. The van der Waals surface area contributed by atoms with Gasteiger partial charge in [0.05, 0.1) is 0 Å². The van der Waals surface area contributed by atoms with E-state index in [-0.39, 0.29) is 130 Å². The zero-order chi connectivity index (χ0) is 2.00. The molecule has 0 aliphatic rings. The van der Waals surface area contributed by atoms with Crippen LogP contribution in [0, 0.1) is 0 Å². The summed E-state index contributed by atoms with van der Waals surface area (Å²) in [5.41, 5.74) is 0. The molecule has 0 amide bonds. The van der Waals surface area contributed by atoms with E-state index in [0.29, 0.717) is 0 Å². The van der Waals surface area contributed by atoms with Gasteiger partial charge in [0.2, 0.25) is 0 Å². The van der Waals surface area contributed by atoms with E-state index in [2.05, 4.69) is 0 Å². The van der Waals surface area contributed by atoms with Crippen LogP contribution in [0.2, 0.25) is 0 Å². The van der Waals surface area contributed by atoms with Crippen molar-refractivity contribution in [2.45, 2.75) is 0 Å². The molecule has 2 N–H and O–H groups in total. The molecule has 0 saturated heterocycles. The van der Waals surface area contributed by atoms with Crippen LogP contribution in [0.25, 0.3) is 0 Å². The van der Waals surface area contributed by atoms with E-state index in [1.54, 1.807) is 0 Å². The van der Waals surface area contributed by atoms with Gasteiger partial charge in [0.1, 0.15) is 0 Å². The first kappa shape index (κ1) is 32.7. The average molecular weight is 182 g/mol. The zero-order valence-electron chi connectivity index (χ0n) is 1.89. The second kappa shape index (κ2) is 36.6. The van der Waals surface area contributed by atoms with Gasteiger partial charge in [-0.15, -0.1) is 0 Å². The minimum absolute atomic E-state index is 0. The predicted octanol–water partition coefficient (Wildman–Crippen LogP) is -1.05. The van der Waals surface area contributed by atoms with Crippen LogP contribution >= 0.6 is 27.0 Å². The maximum absolute atomic E-state index is 6.00. The van der Waals surface area contributed by atoms with E-state index in [0.717, 1.165) is 0 Å². The van der Waals surface area contributed by atoms with Crippen LogP contribution in [0.4, 0.5) is 0 Å². The van der Waals surface area contributed by atoms with Gasteiger partial charge in [-0.1, -0.05) is 0 Å². The van der Waals surface area contributed by atoms with Gasteiger partial charge in [-0.05, 0) is 0 Å². The number of rotatable bonds is 0. The SMILES string of the molecule is OO.S.S.[KH].[KH]. The molecule has 0 atom stereocenters. The second-order valence-electron chi connectivity index (χ2n) is 0. The fraction of sp³-hybridized carbons (Fsp3) is 0. The van der Waals surface area contributed by atoms with Crippen LogP contribution in [0.5, 0.6) is 0 Å². The molecule has 0 heterocycles. The van der Waals surface area contributed by atoms with E-state index < -0.39 is 0 Å². The molecule has 0 aliphatic carbocycles. The Hall–Kier alpha value is 3.89. The van der Waals surface area contributed by atoms with Crippen molar-refractivity contribution in [1.29, 1.82) is 0 Å². The number of hydrogen-bond acceptors (Lipinski definition) is 2. The summed E-state index contributed by atoms with van der Waals surface area (Å²) in [5.74, 6) is 0. The molecule has 34 valence electrons. The molecule has 0 fully saturated rings. The Balaban J connectivity index is -0.000000000833. The first-order chi connectivity index (χ1) is 1.00. The molecule has 0 saturated carbocycles. The Morgan fingerprint density at radius 2 is 0.667 bits per heavy atom. The molecule has 0 rings (SSSR count).